The number of hydrogen-bond acceptors (Lipinski definition) is 3. The molecule has 2 aromatic heterocycles. The third-order valence-corrected chi connectivity index (χ3v) is 1.54. The highest BCUT2D eigenvalue weighted by Gasteiger charge is 1.99. The largest absolute Gasteiger partial charge is 0.285 e. The van der Waals surface area contributed by atoms with Gasteiger partial charge in [0.25, 0.3) is 0 Å². The average molecular weight is 160 g/mol. The summed E-state index contributed by atoms with van der Waals surface area (Å²) in [5.41, 5.74) is 2.53. The van der Waals surface area contributed by atoms with Crippen LogP contribution in [0.15, 0.2) is 24.7 Å². The minimum Gasteiger partial charge on any atom is -0.285 e. The molecule has 12 heavy (non-hydrogen) atoms. The molecule has 0 aliphatic rings. The summed E-state index contributed by atoms with van der Waals surface area (Å²) < 4.78 is 0. The van der Waals surface area contributed by atoms with Gasteiger partial charge in [0.1, 0.15) is 11.4 Å². The van der Waals surface area contributed by atoms with E-state index in [0.29, 0.717) is 0 Å². The second kappa shape index (κ2) is 2.73. The molecular weight excluding hydrogens is 152 g/mol. The lowest BCUT2D eigenvalue weighted by Crippen LogP contribution is -1.87. The molecule has 2 aromatic rings. The van der Waals surface area contributed by atoms with Crippen molar-refractivity contribution in [1.29, 1.82) is 0 Å². The molecule has 0 aliphatic carbocycles. The molecule has 0 spiro atoms. The fourth-order valence-corrected chi connectivity index (χ4v) is 0.928. The molecule has 0 atom stereocenters. The van der Waals surface area contributed by atoms with Gasteiger partial charge in [-0.25, -0.2) is 0 Å². The summed E-state index contributed by atoms with van der Waals surface area (Å²) in [6.45, 7) is 1.90. The van der Waals surface area contributed by atoms with Crippen molar-refractivity contribution in [1.82, 2.24) is 20.2 Å². The Morgan fingerprint density at radius 1 is 1.17 bits per heavy atom. The third-order valence-electron chi connectivity index (χ3n) is 1.54. The van der Waals surface area contributed by atoms with E-state index >= 15 is 0 Å². The summed E-state index contributed by atoms with van der Waals surface area (Å²) >= 11 is 0. The lowest BCUT2D eigenvalue weighted by molar-refractivity contribution is 1.06. The summed E-state index contributed by atoms with van der Waals surface area (Å²) in [5, 5.41) is 6.71. The standard InChI is InChI=1S/C8H8N4/c1-6-4-10-8(5-9-6)7-2-3-11-12-7/h2-5H,1H3,(H,11,12). The highest BCUT2D eigenvalue weighted by Crippen LogP contribution is 2.10. The Bertz CT molecular complexity index is 349. The first-order chi connectivity index (χ1) is 5.86. The SMILES string of the molecule is Cc1cnc(-c2cc[nH]n2)cn1. The van der Waals surface area contributed by atoms with E-state index in [2.05, 4.69) is 20.2 Å². The van der Waals surface area contributed by atoms with E-state index in [1.165, 1.54) is 0 Å². The van der Waals surface area contributed by atoms with Crippen molar-refractivity contribution in [2.45, 2.75) is 6.92 Å². The number of hydrogen-bond donors (Lipinski definition) is 1. The zero-order valence-corrected chi connectivity index (χ0v) is 6.65. The Morgan fingerprint density at radius 2 is 2.08 bits per heavy atom. The Hall–Kier alpha value is -1.71. The van der Waals surface area contributed by atoms with Gasteiger partial charge in [-0.2, -0.15) is 5.10 Å². The smallest absolute Gasteiger partial charge is 0.112 e. The second-order valence-corrected chi connectivity index (χ2v) is 2.50. The lowest BCUT2D eigenvalue weighted by atomic mass is 10.3. The van der Waals surface area contributed by atoms with Crippen molar-refractivity contribution in [2.75, 3.05) is 0 Å². The summed E-state index contributed by atoms with van der Waals surface area (Å²) in [6, 6.07) is 1.86. The van der Waals surface area contributed by atoms with E-state index in [1.54, 1.807) is 18.6 Å². The third kappa shape index (κ3) is 1.18. The van der Waals surface area contributed by atoms with E-state index in [0.717, 1.165) is 17.1 Å². The van der Waals surface area contributed by atoms with Crippen LogP contribution in [0.25, 0.3) is 11.4 Å². The molecule has 0 saturated heterocycles. The Balaban J connectivity index is 2.43. The molecule has 2 rings (SSSR count). The number of aryl methyl sites for hydroxylation is 1. The van der Waals surface area contributed by atoms with Crippen LogP contribution in [0.2, 0.25) is 0 Å². The van der Waals surface area contributed by atoms with Crippen LogP contribution in [-0.4, -0.2) is 20.2 Å². The maximum atomic E-state index is 4.18. The molecular formula is C8H8N4. The van der Waals surface area contributed by atoms with Gasteiger partial charge in [0.05, 0.1) is 11.9 Å². The van der Waals surface area contributed by atoms with E-state index in [9.17, 15) is 0 Å². The van der Waals surface area contributed by atoms with Crippen LogP contribution in [-0.2, 0) is 0 Å². The highest BCUT2D eigenvalue weighted by molar-refractivity contribution is 5.51. The van der Waals surface area contributed by atoms with Crippen molar-refractivity contribution < 1.29 is 0 Å². The summed E-state index contributed by atoms with van der Waals surface area (Å²) in [5.74, 6) is 0. The van der Waals surface area contributed by atoms with Gasteiger partial charge in [0, 0.05) is 12.4 Å². The predicted octanol–water partition coefficient (Wildman–Crippen LogP) is 1.18. The molecule has 0 aliphatic heterocycles. The van der Waals surface area contributed by atoms with Gasteiger partial charge in [0.15, 0.2) is 0 Å². The van der Waals surface area contributed by atoms with E-state index in [4.69, 9.17) is 0 Å². The van der Waals surface area contributed by atoms with Crippen molar-refractivity contribution in [3.63, 3.8) is 0 Å². The minimum atomic E-state index is 0.793. The van der Waals surface area contributed by atoms with Crippen molar-refractivity contribution >= 4 is 0 Å². The highest BCUT2D eigenvalue weighted by atomic mass is 15.1. The monoisotopic (exact) mass is 160 g/mol. The number of aromatic nitrogens is 4. The summed E-state index contributed by atoms with van der Waals surface area (Å²) in [4.78, 5) is 8.29. The summed E-state index contributed by atoms with van der Waals surface area (Å²) in [7, 11) is 0. The Labute approximate surface area is 69.7 Å². The average Bonchev–Trinajstić information content (AvgIpc) is 2.58. The number of nitrogens with one attached hydrogen (secondary N) is 1. The normalized spacial score (nSPS) is 10.1. The molecule has 0 unspecified atom stereocenters. The van der Waals surface area contributed by atoms with Crippen molar-refractivity contribution in [2.24, 2.45) is 0 Å². The van der Waals surface area contributed by atoms with Gasteiger partial charge in [-0.05, 0) is 13.0 Å². The van der Waals surface area contributed by atoms with Gasteiger partial charge in [0.2, 0.25) is 0 Å². The van der Waals surface area contributed by atoms with Crippen LogP contribution < -0.4 is 0 Å². The molecule has 0 radical (unpaired) electrons. The fourth-order valence-electron chi connectivity index (χ4n) is 0.928. The first-order valence-corrected chi connectivity index (χ1v) is 3.65. The fraction of sp³-hybridized carbons (Fsp3) is 0.125. The van der Waals surface area contributed by atoms with Gasteiger partial charge >= 0.3 is 0 Å². The van der Waals surface area contributed by atoms with Crippen LogP contribution in [0.4, 0.5) is 0 Å². The molecule has 4 heteroatoms. The molecule has 0 saturated carbocycles. The van der Waals surface area contributed by atoms with Gasteiger partial charge in [-0.15, -0.1) is 0 Å². The van der Waals surface area contributed by atoms with Crippen molar-refractivity contribution in [3.05, 3.63) is 30.4 Å². The molecule has 0 amide bonds. The van der Waals surface area contributed by atoms with E-state index in [-0.39, 0.29) is 0 Å². The van der Waals surface area contributed by atoms with Crippen LogP contribution in [0.1, 0.15) is 5.69 Å². The number of H-pyrrole nitrogens is 1. The van der Waals surface area contributed by atoms with Crippen molar-refractivity contribution in [3.8, 4) is 11.4 Å². The van der Waals surface area contributed by atoms with Gasteiger partial charge < -0.3 is 0 Å². The number of nitrogens with zero attached hydrogens (tertiary/aromatic N) is 3. The topological polar surface area (TPSA) is 54.5 Å². The van der Waals surface area contributed by atoms with Gasteiger partial charge in [-0.3, -0.25) is 15.1 Å². The molecule has 0 bridgehead atoms. The minimum absolute atomic E-state index is 0.793. The van der Waals surface area contributed by atoms with E-state index in [1.807, 2.05) is 13.0 Å². The first kappa shape index (κ1) is 6.97. The maximum absolute atomic E-state index is 4.18. The molecule has 1 N–H and O–H groups in total. The number of aromatic amines is 1. The Morgan fingerprint density at radius 3 is 2.67 bits per heavy atom. The van der Waals surface area contributed by atoms with Crippen LogP contribution in [0.3, 0.4) is 0 Å². The first-order valence-electron chi connectivity index (χ1n) is 3.65. The molecule has 4 nitrogen and oxygen atoms in total. The second-order valence-electron chi connectivity index (χ2n) is 2.50. The predicted molar refractivity (Wildman–Crippen MR) is 44.4 cm³/mol. The molecule has 60 valence electrons. The van der Waals surface area contributed by atoms with Crippen LogP contribution in [0, 0.1) is 6.92 Å². The lowest BCUT2D eigenvalue weighted by Gasteiger charge is -1.93. The van der Waals surface area contributed by atoms with E-state index < -0.39 is 0 Å². The molecule has 0 fully saturated rings. The van der Waals surface area contributed by atoms with Gasteiger partial charge in [-0.1, -0.05) is 0 Å². The van der Waals surface area contributed by atoms with Crippen LogP contribution >= 0.6 is 0 Å². The zero-order chi connectivity index (χ0) is 8.39. The summed E-state index contributed by atoms with van der Waals surface area (Å²) in [6.07, 6.45) is 5.20. The maximum Gasteiger partial charge on any atom is 0.112 e. The molecule has 0 aromatic carbocycles. The quantitative estimate of drug-likeness (QED) is 0.681. The Kier molecular flexibility index (Phi) is 1.59. The zero-order valence-electron chi connectivity index (χ0n) is 6.65. The van der Waals surface area contributed by atoms with Crippen LogP contribution in [0.5, 0.6) is 0 Å². The number of rotatable bonds is 1. The molecule has 2 heterocycles.